The van der Waals surface area contributed by atoms with Gasteiger partial charge in [-0.2, -0.15) is 4.80 Å². The van der Waals surface area contributed by atoms with Crippen LogP contribution in [-0.2, 0) is 11.3 Å². The van der Waals surface area contributed by atoms with E-state index < -0.39 is 0 Å². The lowest BCUT2D eigenvalue weighted by atomic mass is 9.99. The fourth-order valence-electron chi connectivity index (χ4n) is 2.86. The zero-order valence-corrected chi connectivity index (χ0v) is 14.6. The number of Topliss-reactive ketones (excluding diaryl/α,β-unsaturated/α-hetero) is 1. The molecular weight excluding hydrogens is 354 g/mol. The van der Waals surface area contributed by atoms with Crippen molar-refractivity contribution in [1.29, 1.82) is 0 Å². The van der Waals surface area contributed by atoms with Crippen LogP contribution in [0.1, 0.15) is 28.8 Å². The normalized spacial score (nSPS) is 15.6. The zero-order valence-electron chi connectivity index (χ0n) is 13.8. The van der Waals surface area contributed by atoms with E-state index in [4.69, 9.17) is 11.6 Å². The Bertz CT molecular complexity index is 1030. The van der Waals surface area contributed by atoms with Crippen molar-refractivity contribution in [2.24, 2.45) is 0 Å². The second-order valence-electron chi connectivity index (χ2n) is 6.09. The Morgan fingerprint density at radius 1 is 1.27 bits per heavy atom. The molecule has 0 saturated carbocycles. The quantitative estimate of drug-likeness (QED) is 0.716. The zero-order chi connectivity index (χ0) is 18.3. The summed E-state index contributed by atoms with van der Waals surface area (Å²) in [4.78, 5) is 25.5. The largest absolute Gasteiger partial charge is 0.325 e. The van der Waals surface area contributed by atoms with Gasteiger partial charge in [0.25, 0.3) is 0 Å². The van der Waals surface area contributed by atoms with Crippen molar-refractivity contribution in [3.05, 3.63) is 58.6 Å². The molecule has 1 aliphatic heterocycles. The summed E-state index contributed by atoms with van der Waals surface area (Å²) in [6, 6.07) is 12.3. The Balaban J connectivity index is 1.54. The van der Waals surface area contributed by atoms with Crippen LogP contribution in [0.15, 0.2) is 42.5 Å². The summed E-state index contributed by atoms with van der Waals surface area (Å²) in [5, 5.41) is 15.5. The Kier molecular flexibility index (Phi) is 4.00. The fourth-order valence-corrected chi connectivity index (χ4v) is 3.05. The number of nitrogens with zero attached hydrogens (tertiary/aromatic N) is 4. The van der Waals surface area contributed by atoms with E-state index in [1.165, 1.54) is 4.80 Å². The third-order valence-electron chi connectivity index (χ3n) is 4.31. The average Bonchev–Trinajstić information content (AvgIpc) is 3.20. The number of aromatic nitrogens is 4. The van der Waals surface area contributed by atoms with Crippen LogP contribution < -0.4 is 5.32 Å². The van der Waals surface area contributed by atoms with Crippen LogP contribution in [0.25, 0.3) is 11.4 Å². The highest BCUT2D eigenvalue weighted by Gasteiger charge is 2.27. The number of benzene rings is 2. The molecule has 0 bridgehead atoms. The van der Waals surface area contributed by atoms with Crippen molar-refractivity contribution >= 4 is 29.0 Å². The molecule has 7 nitrogen and oxygen atoms in total. The Labute approximate surface area is 154 Å². The molecule has 1 atom stereocenters. The third kappa shape index (κ3) is 2.97. The van der Waals surface area contributed by atoms with Crippen molar-refractivity contribution < 1.29 is 9.59 Å². The molecule has 3 aromatic rings. The van der Waals surface area contributed by atoms with Gasteiger partial charge in [0.15, 0.2) is 5.78 Å². The van der Waals surface area contributed by atoms with Gasteiger partial charge in [0.05, 0.1) is 5.92 Å². The molecule has 130 valence electrons. The molecule has 1 aliphatic rings. The van der Waals surface area contributed by atoms with Crippen molar-refractivity contribution in [1.82, 2.24) is 20.2 Å². The van der Waals surface area contributed by atoms with Gasteiger partial charge in [-0.05, 0) is 48.0 Å². The van der Waals surface area contributed by atoms with Crippen LogP contribution >= 0.6 is 11.6 Å². The number of hydrogen-bond donors (Lipinski definition) is 1. The number of halogens is 1. The third-order valence-corrected chi connectivity index (χ3v) is 4.55. The maximum atomic E-state index is 12.5. The van der Waals surface area contributed by atoms with Gasteiger partial charge in [-0.15, -0.1) is 10.2 Å². The lowest BCUT2D eigenvalue weighted by Crippen LogP contribution is -2.13. The first-order valence-corrected chi connectivity index (χ1v) is 8.41. The van der Waals surface area contributed by atoms with E-state index >= 15 is 0 Å². The lowest BCUT2D eigenvalue weighted by molar-refractivity contribution is -0.116. The topological polar surface area (TPSA) is 89.8 Å². The first kappa shape index (κ1) is 16.4. The minimum absolute atomic E-state index is 0.0396. The molecule has 2 aromatic carbocycles. The molecule has 1 amide bonds. The second kappa shape index (κ2) is 6.34. The van der Waals surface area contributed by atoms with Gasteiger partial charge in [-0.25, -0.2) is 0 Å². The number of nitrogens with one attached hydrogen (secondary N) is 1. The molecule has 0 fully saturated rings. The molecule has 0 aliphatic carbocycles. The van der Waals surface area contributed by atoms with E-state index in [2.05, 4.69) is 20.7 Å². The number of anilines is 1. The number of amides is 1. The van der Waals surface area contributed by atoms with Crippen molar-refractivity contribution in [3.63, 3.8) is 0 Å². The number of carbonyl (C=O) groups excluding carboxylic acids is 2. The monoisotopic (exact) mass is 367 g/mol. The van der Waals surface area contributed by atoms with Crippen LogP contribution in [0.4, 0.5) is 5.69 Å². The summed E-state index contributed by atoms with van der Waals surface area (Å²) in [5.74, 6) is -0.0857. The van der Waals surface area contributed by atoms with Crippen molar-refractivity contribution in [2.75, 3.05) is 5.32 Å². The Hall–Kier alpha value is -3.06. The van der Waals surface area contributed by atoms with Crippen LogP contribution in [0.2, 0.25) is 5.02 Å². The smallest absolute Gasteiger partial charge is 0.231 e. The van der Waals surface area contributed by atoms with Gasteiger partial charge in [-0.1, -0.05) is 23.7 Å². The number of ketones is 1. The molecule has 8 heteroatoms. The standard InChI is InChI=1S/C18H14ClN5O2/c1-10-14-8-11(5-6-15(14)20-18(10)26)16(25)9-24-22-17(21-23-24)12-3-2-4-13(19)7-12/h2-8,10H,9H2,1H3,(H,20,26)/t10-/m0/s1. The van der Waals surface area contributed by atoms with E-state index in [1.54, 1.807) is 36.4 Å². The first-order valence-electron chi connectivity index (χ1n) is 8.03. The summed E-state index contributed by atoms with van der Waals surface area (Å²) in [6.45, 7) is 1.77. The average molecular weight is 368 g/mol. The van der Waals surface area contributed by atoms with Crippen molar-refractivity contribution in [2.45, 2.75) is 19.4 Å². The Morgan fingerprint density at radius 2 is 2.12 bits per heavy atom. The molecule has 4 rings (SSSR count). The summed E-state index contributed by atoms with van der Waals surface area (Å²) in [5.41, 5.74) is 2.81. The predicted molar refractivity (Wildman–Crippen MR) is 96.1 cm³/mol. The molecule has 26 heavy (non-hydrogen) atoms. The summed E-state index contributed by atoms with van der Waals surface area (Å²) >= 11 is 5.97. The molecule has 1 aromatic heterocycles. The summed E-state index contributed by atoms with van der Waals surface area (Å²) in [6.07, 6.45) is 0. The Morgan fingerprint density at radius 3 is 2.92 bits per heavy atom. The molecule has 2 heterocycles. The number of hydrogen-bond acceptors (Lipinski definition) is 5. The highest BCUT2D eigenvalue weighted by atomic mass is 35.5. The van der Waals surface area contributed by atoms with Gasteiger partial charge >= 0.3 is 0 Å². The van der Waals surface area contributed by atoms with Gasteiger partial charge in [0.2, 0.25) is 11.7 Å². The fraction of sp³-hybridized carbons (Fsp3) is 0.167. The maximum Gasteiger partial charge on any atom is 0.231 e. The predicted octanol–water partition coefficient (Wildman–Crippen LogP) is 2.93. The second-order valence-corrected chi connectivity index (χ2v) is 6.53. The van der Waals surface area contributed by atoms with E-state index in [9.17, 15) is 9.59 Å². The van der Waals surface area contributed by atoms with Gasteiger partial charge < -0.3 is 5.32 Å². The minimum atomic E-state index is -0.267. The van der Waals surface area contributed by atoms with Crippen LogP contribution in [0, 0.1) is 0 Å². The maximum absolute atomic E-state index is 12.5. The number of fused-ring (bicyclic) bond motifs is 1. The number of rotatable bonds is 4. The lowest BCUT2D eigenvalue weighted by Gasteiger charge is -2.05. The van der Waals surface area contributed by atoms with Crippen LogP contribution in [0.3, 0.4) is 0 Å². The summed E-state index contributed by atoms with van der Waals surface area (Å²) in [7, 11) is 0. The minimum Gasteiger partial charge on any atom is -0.325 e. The molecule has 0 spiro atoms. The summed E-state index contributed by atoms with van der Waals surface area (Å²) < 4.78 is 0. The highest BCUT2D eigenvalue weighted by Crippen LogP contribution is 2.32. The number of carbonyl (C=O) groups is 2. The van der Waals surface area contributed by atoms with E-state index in [0.29, 0.717) is 16.4 Å². The SMILES string of the molecule is C[C@@H]1C(=O)Nc2ccc(C(=O)Cn3nnc(-c4cccc(Cl)c4)n3)cc21. The van der Waals surface area contributed by atoms with E-state index in [-0.39, 0.29) is 24.2 Å². The molecule has 0 radical (unpaired) electrons. The van der Waals surface area contributed by atoms with Gasteiger partial charge in [-0.3, -0.25) is 9.59 Å². The molecule has 1 N–H and O–H groups in total. The number of tetrazole rings is 1. The van der Waals surface area contributed by atoms with E-state index in [0.717, 1.165) is 16.8 Å². The molecule has 0 saturated heterocycles. The highest BCUT2D eigenvalue weighted by molar-refractivity contribution is 6.30. The van der Waals surface area contributed by atoms with Crippen LogP contribution in [0.5, 0.6) is 0 Å². The molecular formula is C18H14ClN5O2. The van der Waals surface area contributed by atoms with Gasteiger partial charge in [0, 0.05) is 21.8 Å². The van der Waals surface area contributed by atoms with Crippen LogP contribution in [-0.4, -0.2) is 31.9 Å². The first-order chi connectivity index (χ1) is 12.5. The van der Waals surface area contributed by atoms with Crippen molar-refractivity contribution in [3.8, 4) is 11.4 Å². The molecule has 0 unspecified atom stereocenters. The van der Waals surface area contributed by atoms with E-state index in [1.807, 2.05) is 13.0 Å². The van der Waals surface area contributed by atoms with Gasteiger partial charge in [0.1, 0.15) is 6.54 Å².